The van der Waals surface area contributed by atoms with Crippen molar-refractivity contribution >= 4 is 11.3 Å². The predicted octanol–water partition coefficient (Wildman–Crippen LogP) is 7.82. The van der Waals surface area contributed by atoms with Crippen LogP contribution in [0.5, 0.6) is 0 Å². The van der Waals surface area contributed by atoms with Gasteiger partial charge in [0.25, 0.3) is 0 Å². The largest absolute Gasteiger partial charge is 0.265 e. The molecule has 0 fully saturated rings. The molecular weight excluding hydrogens is 396 g/mol. The quantitative estimate of drug-likeness (QED) is 0.297. The van der Waals surface area contributed by atoms with Crippen molar-refractivity contribution < 1.29 is 0 Å². The third-order valence-corrected chi connectivity index (χ3v) is 7.22. The molecule has 2 aromatic carbocycles. The molecule has 0 N–H and O–H groups in total. The molecular formula is C28H22N2S. The summed E-state index contributed by atoms with van der Waals surface area (Å²) in [7, 11) is 0. The Morgan fingerprint density at radius 3 is 1.29 bits per heavy atom. The molecule has 0 aliphatic rings. The zero-order chi connectivity index (χ0) is 21.2. The average molecular weight is 419 g/mol. The molecule has 0 atom stereocenters. The normalized spacial score (nSPS) is 10.9. The highest BCUT2D eigenvalue weighted by Gasteiger charge is 2.15. The molecule has 0 spiro atoms. The van der Waals surface area contributed by atoms with E-state index in [1.807, 2.05) is 36.1 Å². The standard InChI is InChI=1S/C28H22N2S/c1-19-20(2)28(26-8-4-6-24(18-26)22-11-15-30-16-12-22)31-27(19)25-7-3-5-23(17-25)21-9-13-29-14-10-21/h3-18H,1-2H3. The van der Waals surface area contributed by atoms with Crippen molar-refractivity contribution in [2.24, 2.45) is 0 Å². The molecule has 3 heterocycles. The maximum absolute atomic E-state index is 4.14. The summed E-state index contributed by atoms with van der Waals surface area (Å²) in [6, 6.07) is 25.8. The van der Waals surface area contributed by atoms with E-state index in [0.29, 0.717) is 0 Å². The van der Waals surface area contributed by atoms with Gasteiger partial charge in [0.2, 0.25) is 0 Å². The molecule has 0 saturated carbocycles. The number of hydrogen-bond donors (Lipinski definition) is 0. The fraction of sp³-hybridized carbons (Fsp3) is 0.0714. The molecule has 0 bridgehead atoms. The average Bonchev–Trinajstić information content (AvgIpc) is 3.15. The lowest BCUT2D eigenvalue weighted by Gasteiger charge is -2.05. The first-order valence-electron chi connectivity index (χ1n) is 10.3. The van der Waals surface area contributed by atoms with Crippen LogP contribution in [-0.4, -0.2) is 9.97 Å². The topological polar surface area (TPSA) is 25.8 Å². The van der Waals surface area contributed by atoms with E-state index in [2.05, 4.69) is 96.6 Å². The molecule has 5 rings (SSSR count). The summed E-state index contributed by atoms with van der Waals surface area (Å²) in [6.07, 6.45) is 7.37. The van der Waals surface area contributed by atoms with Crippen LogP contribution in [0.3, 0.4) is 0 Å². The zero-order valence-corrected chi connectivity index (χ0v) is 18.4. The van der Waals surface area contributed by atoms with E-state index in [-0.39, 0.29) is 0 Å². The molecule has 0 amide bonds. The van der Waals surface area contributed by atoms with E-state index in [0.717, 1.165) is 0 Å². The molecule has 31 heavy (non-hydrogen) atoms. The predicted molar refractivity (Wildman–Crippen MR) is 131 cm³/mol. The van der Waals surface area contributed by atoms with Gasteiger partial charge in [-0.2, -0.15) is 0 Å². The highest BCUT2D eigenvalue weighted by Crippen LogP contribution is 2.43. The number of rotatable bonds is 4. The first-order valence-corrected chi connectivity index (χ1v) is 11.1. The minimum absolute atomic E-state index is 1.19. The van der Waals surface area contributed by atoms with Gasteiger partial charge in [-0.15, -0.1) is 11.3 Å². The fourth-order valence-electron chi connectivity index (χ4n) is 3.92. The van der Waals surface area contributed by atoms with Crippen LogP contribution in [0.25, 0.3) is 43.1 Å². The monoisotopic (exact) mass is 418 g/mol. The van der Waals surface area contributed by atoms with Crippen molar-refractivity contribution in [2.45, 2.75) is 13.8 Å². The molecule has 0 aliphatic heterocycles. The van der Waals surface area contributed by atoms with Gasteiger partial charge in [0.15, 0.2) is 0 Å². The van der Waals surface area contributed by atoms with Crippen molar-refractivity contribution in [3.05, 3.63) is 109 Å². The summed E-state index contributed by atoms with van der Waals surface area (Å²) < 4.78 is 0. The molecule has 0 radical (unpaired) electrons. The van der Waals surface area contributed by atoms with Gasteiger partial charge < -0.3 is 0 Å². The van der Waals surface area contributed by atoms with Gasteiger partial charge in [-0.25, -0.2) is 0 Å². The number of nitrogens with zero attached hydrogens (tertiary/aromatic N) is 2. The summed E-state index contributed by atoms with van der Waals surface area (Å²) in [5.41, 5.74) is 10.0. The zero-order valence-electron chi connectivity index (χ0n) is 17.5. The Bertz CT molecular complexity index is 1230. The molecule has 3 aromatic heterocycles. The Morgan fingerprint density at radius 1 is 0.484 bits per heavy atom. The summed E-state index contributed by atoms with van der Waals surface area (Å²) in [4.78, 5) is 10.9. The molecule has 2 nitrogen and oxygen atoms in total. The van der Waals surface area contributed by atoms with E-state index in [1.54, 1.807) is 0 Å². The van der Waals surface area contributed by atoms with Gasteiger partial charge in [-0.3, -0.25) is 9.97 Å². The maximum atomic E-state index is 4.14. The summed E-state index contributed by atoms with van der Waals surface area (Å²) in [5.74, 6) is 0. The van der Waals surface area contributed by atoms with Crippen molar-refractivity contribution in [2.75, 3.05) is 0 Å². The van der Waals surface area contributed by atoms with E-state index < -0.39 is 0 Å². The van der Waals surface area contributed by atoms with Crippen LogP contribution in [-0.2, 0) is 0 Å². The van der Waals surface area contributed by atoms with Crippen LogP contribution in [0, 0.1) is 13.8 Å². The van der Waals surface area contributed by atoms with Crippen LogP contribution in [0.15, 0.2) is 97.6 Å². The van der Waals surface area contributed by atoms with E-state index in [9.17, 15) is 0 Å². The van der Waals surface area contributed by atoms with E-state index >= 15 is 0 Å². The lowest BCUT2D eigenvalue weighted by atomic mass is 9.99. The number of thiophene rings is 1. The molecule has 3 heteroatoms. The Morgan fingerprint density at radius 2 is 0.871 bits per heavy atom. The second kappa shape index (κ2) is 8.29. The minimum Gasteiger partial charge on any atom is -0.265 e. The van der Waals surface area contributed by atoms with Crippen molar-refractivity contribution in [1.82, 2.24) is 9.97 Å². The molecule has 0 unspecified atom stereocenters. The molecule has 0 saturated heterocycles. The molecule has 0 aliphatic carbocycles. The number of pyridine rings is 2. The first-order chi connectivity index (χ1) is 15.2. The Kier molecular flexibility index (Phi) is 5.19. The Hall–Kier alpha value is -3.56. The maximum Gasteiger partial charge on any atom is 0.0381 e. The van der Waals surface area contributed by atoms with Gasteiger partial charge in [0.05, 0.1) is 0 Å². The highest BCUT2D eigenvalue weighted by molar-refractivity contribution is 7.19. The highest BCUT2D eigenvalue weighted by atomic mass is 32.1. The third-order valence-electron chi connectivity index (χ3n) is 5.72. The Labute approximate surface area is 186 Å². The Balaban J connectivity index is 1.57. The van der Waals surface area contributed by atoms with Crippen molar-refractivity contribution in [1.29, 1.82) is 0 Å². The smallest absolute Gasteiger partial charge is 0.0381 e. The van der Waals surface area contributed by atoms with Gasteiger partial charge in [-0.1, -0.05) is 36.4 Å². The van der Waals surface area contributed by atoms with E-state index in [4.69, 9.17) is 0 Å². The van der Waals surface area contributed by atoms with Gasteiger partial charge in [0, 0.05) is 34.5 Å². The summed E-state index contributed by atoms with van der Waals surface area (Å²) in [5, 5.41) is 0. The third kappa shape index (κ3) is 3.80. The fourth-order valence-corrected chi connectivity index (χ4v) is 5.22. The molecule has 5 aromatic rings. The van der Waals surface area contributed by atoms with Crippen LogP contribution in [0.2, 0.25) is 0 Å². The summed E-state index contributed by atoms with van der Waals surface area (Å²) in [6.45, 7) is 4.47. The van der Waals surface area contributed by atoms with E-state index in [1.165, 1.54) is 54.3 Å². The number of aromatic nitrogens is 2. The van der Waals surface area contributed by atoms with Crippen LogP contribution in [0.4, 0.5) is 0 Å². The van der Waals surface area contributed by atoms with Crippen LogP contribution in [0.1, 0.15) is 11.1 Å². The second-order valence-electron chi connectivity index (χ2n) is 7.64. The van der Waals surface area contributed by atoms with Gasteiger partial charge in [0.1, 0.15) is 0 Å². The SMILES string of the molecule is Cc1c(-c2cccc(-c3ccncc3)c2)sc(-c2cccc(-c3ccncc3)c2)c1C. The lowest BCUT2D eigenvalue weighted by molar-refractivity contribution is 1.33. The van der Waals surface area contributed by atoms with Gasteiger partial charge in [-0.05, 0) is 94.8 Å². The van der Waals surface area contributed by atoms with Crippen molar-refractivity contribution in [3.63, 3.8) is 0 Å². The van der Waals surface area contributed by atoms with Crippen LogP contribution < -0.4 is 0 Å². The van der Waals surface area contributed by atoms with Gasteiger partial charge >= 0.3 is 0 Å². The lowest BCUT2D eigenvalue weighted by Crippen LogP contribution is -1.83. The summed E-state index contributed by atoms with van der Waals surface area (Å²) >= 11 is 1.88. The number of hydrogen-bond acceptors (Lipinski definition) is 3. The van der Waals surface area contributed by atoms with Crippen LogP contribution >= 0.6 is 11.3 Å². The molecule has 150 valence electrons. The van der Waals surface area contributed by atoms with Crippen molar-refractivity contribution in [3.8, 4) is 43.1 Å². The second-order valence-corrected chi connectivity index (χ2v) is 8.66. The number of benzene rings is 2. The minimum atomic E-state index is 1.19. The first kappa shape index (κ1) is 19.4.